The molecule has 0 fully saturated rings. The Morgan fingerprint density at radius 2 is 1.81 bits per heavy atom. The van der Waals surface area contributed by atoms with Crippen LogP contribution in [0.1, 0.15) is 44.4 Å². The van der Waals surface area contributed by atoms with E-state index in [0.717, 1.165) is 38.2 Å². The largest absolute Gasteiger partial charge is 0.484 e. The topological polar surface area (TPSA) is 69.0 Å². The van der Waals surface area contributed by atoms with E-state index in [-0.39, 0.29) is 17.8 Å². The monoisotopic (exact) mass is 514 g/mol. The van der Waals surface area contributed by atoms with E-state index in [2.05, 4.69) is 34.5 Å². The van der Waals surface area contributed by atoms with E-state index < -0.39 is 6.10 Å². The maximum absolute atomic E-state index is 13.4. The molecule has 2 aromatic heterocycles. The van der Waals surface area contributed by atoms with Crippen LogP contribution in [0.3, 0.4) is 0 Å². The molecule has 1 N–H and O–H groups in total. The normalized spacial score (nSPS) is 12.9. The lowest BCUT2D eigenvalue weighted by atomic mass is 9.96. The fourth-order valence-electron chi connectivity index (χ4n) is 4.40. The highest BCUT2D eigenvalue weighted by Gasteiger charge is 2.26. The fourth-order valence-corrected chi connectivity index (χ4v) is 5.07. The van der Waals surface area contributed by atoms with Crippen molar-refractivity contribution in [3.8, 4) is 11.4 Å². The summed E-state index contributed by atoms with van der Waals surface area (Å²) in [6.07, 6.45) is 3.02. The van der Waals surface area contributed by atoms with E-state index in [0.29, 0.717) is 10.8 Å². The standard InChI is InChI=1S/C29H27FN4O2S/c1-17-5-11-25(18(2)13-17)27(20(4)33-28(35)29-31-15-19(3)37-29)36-24-10-12-26-21(14-24)16-32-34(26)23-8-6-22(30)7-9-23/h5-16,20,27H,1-4H3,(H,33,35)/t20-,27-/m0/s1. The van der Waals surface area contributed by atoms with Crippen LogP contribution in [0.25, 0.3) is 16.6 Å². The second-order valence-electron chi connectivity index (χ2n) is 9.19. The first kappa shape index (κ1) is 24.6. The van der Waals surface area contributed by atoms with Gasteiger partial charge in [0.2, 0.25) is 0 Å². The molecule has 0 aliphatic rings. The Hall–Kier alpha value is -4.04. The van der Waals surface area contributed by atoms with Crippen LogP contribution in [0.5, 0.6) is 5.75 Å². The third-order valence-electron chi connectivity index (χ3n) is 6.23. The van der Waals surface area contributed by atoms with Crippen LogP contribution >= 0.6 is 11.3 Å². The van der Waals surface area contributed by atoms with Crippen molar-refractivity contribution in [2.45, 2.75) is 39.8 Å². The highest BCUT2D eigenvalue weighted by Crippen LogP contribution is 2.31. The van der Waals surface area contributed by atoms with Gasteiger partial charge in [0.25, 0.3) is 5.91 Å². The van der Waals surface area contributed by atoms with Crippen molar-refractivity contribution >= 4 is 28.1 Å². The average Bonchev–Trinajstić information content (AvgIpc) is 3.49. The predicted octanol–water partition coefficient (Wildman–Crippen LogP) is 6.48. The van der Waals surface area contributed by atoms with Gasteiger partial charge in [0.1, 0.15) is 17.7 Å². The van der Waals surface area contributed by atoms with Gasteiger partial charge in [0.05, 0.1) is 23.4 Å². The van der Waals surface area contributed by atoms with Gasteiger partial charge in [0.15, 0.2) is 5.01 Å². The Kier molecular flexibility index (Phi) is 6.76. The number of carbonyl (C=O) groups excluding carboxylic acids is 1. The SMILES string of the molecule is Cc1ccc([C@@H](Oc2ccc3c(cnn3-c3ccc(F)cc3)c2)[C@H](C)NC(=O)c2ncc(C)s2)c(C)c1. The summed E-state index contributed by atoms with van der Waals surface area (Å²) in [5, 5.41) is 8.87. The molecule has 6 nitrogen and oxygen atoms in total. The molecule has 188 valence electrons. The molecule has 5 rings (SSSR count). The molecule has 0 saturated carbocycles. The lowest BCUT2D eigenvalue weighted by Gasteiger charge is -2.28. The Morgan fingerprint density at radius 3 is 2.51 bits per heavy atom. The molecular formula is C29H27FN4O2S. The Labute approximate surface area is 218 Å². The minimum Gasteiger partial charge on any atom is -0.484 e. The molecule has 1 amide bonds. The number of thiazole rings is 1. The molecule has 0 saturated heterocycles. The molecule has 8 heteroatoms. The number of benzene rings is 3. The van der Waals surface area contributed by atoms with Gasteiger partial charge in [-0.2, -0.15) is 5.10 Å². The van der Waals surface area contributed by atoms with E-state index in [1.807, 2.05) is 45.0 Å². The molecule has 3 aromatic carbocycles. The zero-order chi connectivity index (χ0) is 26.1. The summed E-state index contributed by atoms with van der Waals surface area (Å²) in [6.45, 7) is 7.96. The van der Waals surface area contributed by atoms with E-state index in [1.54, 1.807) is 29.2 Å². The molecule has 2 heterocycles. The molecule has 0 radical (unpaired) electrons. The van der Waals surface area contributed by atoms with Crippen molar-refractivity contribution in [3.63, 3.8) is 0 Å². The number of carbonyl (C=O) groups is 1. The molecule has 37 heavy (non-hydrogen) atoms. The van der Waals surface area contributed by atoms with Gasteiger partial charge in [0, 0.05) is 16.5 Å². The molecule has 5 aromatic rings. The van der Waals surface area contributed by atoms with Crippen molar-refractivity contribution in [1.82, 2.24) is 20.1 Å². The number of hydrogen-bond acceptors (Lipinski definition) is 5. The summed E-state index contributed by atoms with van der Waals surface area (Å²) >= 11 is 1.36. The zero-order valence-corrected chi connectivity index (χ0v) is 21.8. The molecular weight excluding hydrogens is 487 g/mol. The number of nitrogens with zero attached hydrogens (tertiary/aromatic N) is 3. The van der Waals surface area contributed by atoms with Gasteiger partial charge in [-0.25, -0.2) is 14.1 Å². The van der Waals surface area contributed by atoms with E-state index in [4.69, 9.17) is 4.74 Å². The Bertz CT molecular complexity index is 1570. The van der Waals surface area contributed by atoms with Crippen LogP contribution in [0.4, 0.5) is 4.39 Å². The molecule has 0 bridgehead atoms. The van der Waals surface area contributed by atoms with Crippen molar-refractivity contribution in [3.05, 3.63) is 105 Å². The van der Waals surface area contributed by atoms with Crippen LogP contribution in [0.15, 0.2) is 73.1 Å². The molecule has 2 atom stereocenters. The number of fused-ring (bicyclic) bond motifs is 1. The van der Waals surface area contributed by atoms with Crippen molar-refractivity contribution in [2.24, 2.45) is 0 Å². The van der Waals surface area contributed by atoms with Crippen LogP contribution in [0, 0.1) is 26.6 Å². The number of ether oxygens (including phenoxy) is 1. The van der Waals surface area contributed by atoms with E-state index in [9.17, 15) is 9.18 Å². The second-order valence-corrected chi connectivity index (χ2v) is 10.4. The quantitative estimate of drug-likeness (QED) is 0.270. The number of hydrogen-bond donors (Lipinski definition) is 1. The minimum absolute atomic E-state index is 0.222. The maximum atomic E-state index is 13.4. The number of amides is 1. The van der Waals surface area contributed by atoms with Crippen LogP contribution in [0.2, 0.25) is 0 Å². The highest BCUT2D eigenvalue weighted by atomic mass is 32.1. The van der Waals surface area contributed by atoms with Crippen molar-refractivity contribution < 1.29 is 13.9 Å². The van der Waals surface area contributed by atoms with Gasteiger partial charge in [-0.15, -0.1) is 11.3 Å². The highest BCUT2D eigenvalue weighted by molar-refractivity contribution is 7.13. The van der Waals surface area contributed by atoms with Crippen LogP contribution < -0.4 is 10.1 Å². The molecule has 0 aliphatic carbocycles. The smallest absolute Gasteiger partial charge is 0.280 e. The fraction of sp³-hybridized carbons (Fsp3) is 0.207. The summed E-state index contributed by atoms with van der Waals surface area (Å²) in [5.74, 6) is 0.141. The van der Waals surface area contributed by atoms with E-state index in [1.165, 1.54) is 23.5 Å². The van der Waals surface area contributed by atoms with Crippen LogP contribution in [-0.2, 0) is 0 Å². The maximum Gasteiger partial charge on any atom is 0.280 e. The summed E-state index contributed by atoms with van der Waals surface area (Å²) in [6, 6.07) is 17.8. The van der Waals surface area contributed by atoms with Crippen molar-refractivity contribution in [1.29, 1.82) is 0 Å². The number of aryl methyl sites for hydroxylation is 3. The first-order chi connectivity index (χ1) is 17.8. The second kappa shape index (κ2) is 10.1. The summed E-state index contributed by atoms with van der Waals surface area (Å²) in [5.41, 5.74) is 4.89. The number of rotatable bonds is 7. The molecule has 0 spiro atoms. The van der Waals surface area contributed by atoms with Gasteiger partial charge < -0.3 is 10.1 Å². The third-order valence-corrected chi connectivity index (χ3v) is 7.15. The number of halogens is 1. The summed E-state index contributed by atoms with van der Waals surface area (Å²) in [4.78, 5) is 18.1. The van der Waals surface area contributed by atoms with Crippen molar-refractivity contribution in [2.75, 3.05) is 0 Å². The van der Waals surface area contributed by atoms with Gasteiger partial charge in [-0.1, -0.05) is 23.8 Å². The molecule has 0 unspecified atom stereocenters. The predicted molar refractivity (Wildman–Crippen MR) is 144 cm³/mol. The van der Waals surface area contributed by atoms with Crippen LogP contribution in [-0.4, -0.2) is 26.7 Å². The van der Waals surface area contributed by atoms with Gasteiger partial charge in [-0.3, -0.25) is 4.79 Å². The van der Waals surface area contributed by atoms with E-state index >= 15 is 0 Å². The third kappa shape index (κ3) is 5.24. The first-order valence-corrected chi connectivity index (χ1v) is 12.8. The lowest BCUT2D eigenvalue weighted by Crippen LogP contribution is -2.39. The minimum atomic E-state index is -0.435. The number of nitrogens with one attached hydrogen (secondary N) is 1. The summed E-state index contributed by atoms with van der Waals surface area (Å²) < 4.78 is 21.7. The van der Waals surface area contributed by atoms with Gasteiger partial charge in [-0.05, 0) is 81.3 Å². The molecule has 0 aliphatic heterocycles. The first-order valence-electron chi connectivity index (χ1n) is 12.0. The number of aromatic nitrogens is 3. The lowest BCUT2D eigenvalue weighted by molar-refractivity contribution is 0.0881. The Morgan fingerprint density at radius 1 is 1.03 bits per heavy atom. The van der Waals surface area contributed by atoms with Gasteiger partial charge >= 0.3 is 0 Å². The summed E-state index contributed by atoms with van der Waals surface area (Å²) in [7, 11) is 0. The Balaban J connectivity index is 1.45. The average molecular weight is 515 g/mol. The zero-order valence-electron chi connectivity index (χ0n) is 21.0.